The highest BCUT2D eigenvalue weighted by molar-refractivity contribution is 7.19. The van der Waals surface area contributed by atoms with E-state index in [0.717, 1.165) is 25.0 Å². The van der Waals surface area contributed by atoms with Gasteiger partial charge in [-0.3, -0.25) is 4.68 Å². The first-order valence-electron chi connectivity index (χ1n) is 16.4. The summed E-state index contributed by atoms with van der Waals surface area (Å²) in [6.45, 7) is 7.22. The zero-order valence-electron chi connectivity index (χ0n) is 25.9. The summed E-state index contributed by atoms with van der Waals surface area (Å²) >= 11 is 1.89. The van der Waals surface area contributed by atoms with E-state index in [1.54, 1.807) is 0 Å². The molecular formula is C38H33F3N4S. The number of aromatic nitrogens is 2. The van der Waals surface area contributed by atoms with E-state index in [4.69, 9.17) is 0 Å². The molecule has 1 spiro atoms. The highest BCUT2D eigenvalue weighted by Gasteiger charge is 2.95. The molecule has 1 aromatic carbocycles. The first-order chi connectivity index (χ1) is 22.3. The summed E-state index contributed by atoms with van der Waals surface area (Å²) in [5, 5.41) is 5.84. The Hall–Kier alpha value is -4.04. The smallest absolute Gasteiger partial charge is 0.355 e. The molecule has 0 amide bonds. The third kappa shape index (κ3) is 2.66. The van der Waals surface area contributed by atoms with E-state index in [2.05, 4.69) is 96.4 Å². The monoisotopic (exact) mass is 634 g/mol. The van der Waals surface area contributed by atoms with Gasteiger partial charge >= 0.3 is 6.18 Å². The zero-order chi connectivity index (χ0) is 31.4. The number of nitrogens with zero attached hydrogens (tertiary/aromatic N) is 4. The Balaban J connectivity index is 1.38. The van der Waals surface area contributed by atoms with Crippen molar-refractivity contribution in [1.29, 1.82) is 0 Å². The van der Waals surface area contributed by atoms with Gasteiger partial charge < -0.3 is 9.80 Å². The number of hydrogen-bond acceptors (Lipinski definition) is 4. The molecular weight excluding hydrogens is 602 g/mol. The number of allylic oxidation sites excluding steroid dienone is 7. The number of fused-ring (bicyclic) bond motifs is 19. The molecule has 6 heterocycles. The summed E-state index contributed by atoms with van der Waals surface area (Å²) in [6, 6.07) is 5.85. The summed E-state index contributed by atoms with van der Waals surface area (Å²) in [5.41, 5.74) is 6.01. The predicted octanol–water partition coefficient (Wildman–Crippen LogP) is 8.95. The van der Waals surface area contributed by atoms with Crippen molar-refractivity contribution < 1.29 is 13.2 Å². The van der Waals surface area contributed by atoms with Gasteiger partial charge in [0.2, 0.25) is 0 Å². The molecule has 0 bridgehead atoms. The highest BCUT2D eigenvalue weighted by atomic mass is 32.1. The van der Waals surface area contributed by atoms with Gasteiger partial charge in [0.05, 0.1) is 23.0 Å². The number of halogens is 3. The summed E-state index contributed by atoms with van der Waals surface area (Å²) in [4.78, 5) is 6.49. The van der Waals surface area contributed by atoms with Crippen molar-refractivity contribution >= 4 is 38.9 Å². The van der Waals surface area contributed by atoms with Gasteiger partial charge in [0, 0.05) is 32.8 Å². The van der Waals surface area contributed by atoms with Crippen LogP contribution in [0.5, 0.6) is 0 Å². The van der Waals surface area contributed by atoms with Gasteiger partial charge in [0.15, 0.2) is 5.69 Å². The molecule has 1 saturated carbocycles. The lowest BCUT2D eigenvalue weighted by atomic mass is 9.89. The third-order valence-corrected chi connectivity index (χ3v) is 13.3. The lowest BCUT2D eigenvalue weighted by Gasteiger charge is -2.45. The van der Waals surface area contributed by atoms with E-state index in [9.17, 15) is 13.2 Å². The molecule has 3 aliphatic carbocycles. The van der Waals surface area contributed by atoms with E-state index in [1.165, 1.54) is 54.6 Å². The van der Waals surface area contributed by atoms with E-state index in [1.807, 2.05) is 28.2 Å². The van der Waals surface area contributed by atoms with Crippen LogP contribution in [0, 0.1) is 0 Å². The van der Waals surface area contributed by atoms with Crippen LogP contribution in [0.15, 0.2) is 84.0 Å². The van der Waals surface area contributed by atoms with Crippen molar-refractivity contribution in [2.75, 3.05) is 6.54 Å². The van der Waals surface area contributed by atoms with Crippen LogP contribution in [0.4, 0.5) is 13.2 Å². The van der Waals surface area contributed by atoms with Gasteiger partial charge in [-0.2, -0.15) is 18.3 Å². The summed E-state index contributed by atoms with van der Waals surface area (Å²) < 4.78 is 46.6. The Kier molecular flexibility index (Phi) is 4.98. The number of aryl methyl sites for hydroxylation is 1. The first kappa shape index (κ1) is 27.1. The van der Waals surface area contributed by atoms with Crippen molar-refractivity contribution in [3.8, 4) is 0 Å². The Morgan fingerprint density at radius 1 is 1.02 bits per heavy atom. The molecule has 1 fully saturated rings. The van der Waals surface area contributed by atoms with Crippen LogP contribution < -0.4 is 0 Å². The first-order valence-corrected chi connectivity index (χ1v) is 17.2. The van der Waals surface area contributed by atoms with E-state index in [-0.39, 0.29) is 6.04 Å². The SMILES string of the molecule is CCC12N3CC=CC=C3c3cc(C(F)(F)F)nn3C1(CC)C21c2ccc3sc4c(c3c2C2=CC(C)=C3C=CC=CC3N21)C=CCC4. The normalized spacial score (nSPS) is 31.0. The van der Waals surface area contributed by atoms with Gasteiger partial charge in [-0.15, -0.1) is 11.3 Å². The lowest BCUT2D eigenvalue weighted by Crippen LogP contribution is -2.51. The van der Waals surface area contributed by atoms with E-state index < -0.39 is 28.5 Å². The maximum Gasteiger partial charge on any atom is 0.435 e. The van der Waals surface area contributed by atoms with Gasteiger partial charge in [0.25, 0.3) is 0 Å². The lowest BCUT2D eigenvalue weighted by molar-refractivity contribution is -0.141. The molecule has 0 saturated heterocycles. The average Bonchev–Trinajstić information content (AvgIpc) is 3.47. The third-order valence-electron chi connectivity index (χ3n) is 12.0. The average molecular weight is 635 g/mol. The molecule has 232 valence electrons. The van der Waals surface area contributed by atoms with Gasteiger partial charge in [0.1, 0.15) is 11.1 Å². The largest absolute Gasteiger partial charge is 0.435 e. The number of thiophene rings is 1. The van der Waals surface area contributed by atoms with Gasteiger partial charge in [-0.05, 0) is 79.2 Å². The molecule has 4 aliphatic heterocycles. The van der Waals surface area contributed by atoms with Crippen molar-refractivity contribution in [3.05, 3.63) is 117 Å². The molecule has 8 heteroatoms. The fourth-order valence-corrected chi connectivity index (χ4v) is 11.9. The fraction of sp³-hybridized carbons (Fsp3) is 0.342. The summed E-state index contributed by atoms with van der Waals surface area (Å²) in [5.74, 6) is 0. The van der Waals surface area contributed by atoms with Gasteiger partial charge in [-0.25, -0.2) is 0 Å². The number of rotatable bonds is 2. The summed E-state index contributed by atoms with van der Waals surface area (Å²) in [7, 11) is 0. The van der Waals surface area contributed by atoms with Crippen LogP contribution in [-0.4, -0.2) is 37.7 Å². The van der Waals surface area contributed by atoms with Crippen molar-refractivity contribution in [2.45, 2.75) is 75.3 Å². The second-order valence-electron chi connectivity index (χ2n) is 13.5. The molecule has 4 nitrogen and oxygen atoms in total. The number of alkyl halides is 3. The molecule has 46 heavy (non-hydrogen) atoms. The molecule has 7 aliphatic rings. The second kappa shape index (κ2) is 8.45. The van der Waals surface area contributed by atoms with Crippen LogP contribution in [0.25, 0.3) is 27.6 Å². The minimum atomic E-state index is -4.55. The van der Waals surface area contributed by atoms with Crippen LogP contribution in [0.1, 0.15) is 73.0 Å². The van der Waals surface area contributed by atoms with E-state index >= 15 is 0 Å². The molecule has 4 unspecified atom stereocenters. The van der Waals surface area contributed by atoms with Crippen LogP contribution in [0.2, 0.25) is 0 Å². The predicted molar refractivity (Wildman–Crippen MR) is 178 cm³/mol. The maximum atomic E-state index is 14.5. The fourth-order valence-electron chi connectivity index (χ4n) is 10.7. The number of hydrogen-bond donors (Lipinski definition) is 0. The molecule has 4 atom stereocenters. The Morgan fingerprint density at radius 2 is 1.87 bits per heavy atom. The van der Waals surface area contributed by atoms with Crippen molar-refractivity contribution in [1.82, 2.24) is 19.6 Å². The second-order valence-corrected chi connectivity index (χ2v) is 14.7. The Labute approximate surface area is 269 Å². The molecule has 0 N–H and O–H groups in total. The van der Waals surface area contributed by atoms with Gasteiger partial charge in [-0.1, -0.05) is 68.5 Å². The van der Waals surface area contributed by atoms with Crippen molar-refractivity contribution in [3.63, 3.8) is 0 Å². The van der Waals surface area contributed by atoms with Crippen LogP contribution in [-0.2, 0) is 23.7 Å². The highest BCUT2D eigenvalue weighted by Crippen LogP contribution is 2.84. The number of benzene rings is 1. The Morgan fingerprint density at radius 3 is 2.67 bits per heavy atom. The van der Waals surface area contributed by atoms with Crippen LogP contribution in [0.3, 0.4) is 0 Å². The van der Waals surface area contributed by atoms with E-state index in [0.29, 0.717) is 18.7 Å². The maximum absolute atomic E-state index is 14.5. The zero-order valence-corrected chi connectivity index (χ0v) is 26.8. The Bertz CT molecular complexity index is 2150. The molecule has 10 rings (SSSR count). The standard InChI is InChI=1S/C38H33F3N4S/c1-4-35-36(5-2,45-28(21-32(42-45)38(39,40)41)27-15-10-11-19-43(27)35)37(35)25-17-18-31-33(24-13-7-9-16-30(24)46-31)34(25)29-20-22(3)23-12-6-8-14-26(23)44(29)37/h6-8,10-15,17-18,20-21,26H,4-5,9,16,19H2,1-3H3. The molecule has 0 radical (unpaired) electrons. The van der Waals surface area contributed by atoms with Crippen molar-refractivity contribution in [2.24, 2.45) is 0 Å². The quantitative estimate of drug-likeness (QED) is 0.281. The minimum absolute atomic E-state index is 0.0521. The topological polar surface area (TPSA) is 24.3 Å². The molecule has 2 aromatic heterocycles. The molecule has 3 aromatic rings. The summed E-state index contributed by atoms with van der Waals surface area (Å²) in [6.07, 6.45) is 20.7. The minimum Gasteiger partial charge on any atom is -0.355 e. The van der Waals surface area contributed by atoms with Crippen LogP contribution >= 0.6 is 11.3 Å².